The zero-order valence-electron chi connectivity index (χ0n) is 24.1. The Hall–Kier alpha value is -5.60. The van der Waals surface area contributed by atoms with Gasteiger partial charge < -0.3 is 9.80 Å². The van der Waals surface area contributed by atoms with Crippen molar-refractivity contribution in [1.29, 1.82) is 0 Å². The Morgan fingerprint density at radius 3 is 1.26 bits per heavy atom. The summed E-state index contributed by atoms with van der Waals surface area (Å²) in [4.78, 5) is 4.54. The molecule has 0 unspecified atom stereocenters. The summed E-state index contributed by atoms with van der Waals surface area (Å²) in [6.07, 6.45) is 0. The highest BCUT2D eigenvalue weighted by atomic mass is 15.1. The summed E-state index contributed by atoms with van der Waals surface area (Å²) in [5, 5.41) is 2.51. The van der Waals surface area contributed by atoms with Crippen LogP contribution in [0.2, 0.25) is 0 Å². The molecule has 7 rings (SSSR count). The third-order valence-corrected chi connectivity index (χ3v) is 8.08. The molecule has 2 nitrogen and oxygen atoms in total. The largest absolute Gasteiger partial charge is 0.345 e. The lowest BCUT2D eigenvalue weighted by atomic mass is 10.0. The van der Waals surface area contributed by atoms with Gasteiger partial charge in [0.2, 0.25) is 0 Å². The van der Waals surface area contributed by atoms with E-state index in [2.05, 4.69) is 193 Å². The molecule has 0 amide bonds. The number of para-hydroxylation sites is 1. The van der Waals surface area contributed by atoms with Crippen molar-refractivity contribution in [2.24, 2.45) is 0 Å². The molecule has 0 aliphatic heterocycles. The minimum Gasteiger partial charge on any atom is -0.345 e. The molecule has 0 fully saturated rings. The first-order valence-corrected chi connectivity index (χ1v) is 14.7. The van der Waals surface area contributed by atoms with Crippen LogP contribution in [0, 0.1) is 0 Å². The van der Waals surface area contributed by atoms with Gasteiger partial charge in [0.1, 0.15) is 0 Å². The third kappa shape index (κ3) is 5.51. The molecule has 0 aliphatic carbocycles. The topological polar surface area (TPSA) is 6.48 Å². The number of fused-ring (bicyclic) bond motifs is 1. The van der Waals surface area contributed by atoms with Crippen LogP contribution in [0.25, 0.3) is 33.0 Å². The van der Waals surface area contributed by atoms with Crippen molar-refractivity contribution < 1.29 is 0 Å². The highest BCUT2D eigenvalue weighted by molar-refractivity contribution is 5.87. The van der Waals surface area contributed by atoms with E-state index in [1.54, 1.807) is 0 Å². The normalized spacial score (nSPS) is 10.9. The number of nitrogens with zero attached hydrogens (tertiary/aromatic N) is 2. The maximum atomic E-state index is 2.31. The van der Waals surface area contributed by atoms with Crippen LogP contribution in [0.3, 0.4) is 0 Å². The number of rotatable bonds is 7. The molecule has 7 aromatic carbocycles. The average molecular weight is 553 g/mol. The number of hydrogen-bond acceptors (Lipinski definition) is 2. The molecule has 0 heterocycles. The highest BCUT2D eigenvalue weighted by Crippen LogP contribution is 2.37. The van der Waals surface area contributed by atoms with Crippen LogP contribution in [0.1, 0.15) is 0 Å². The fourth-order valence-electron chi connectivity index (χ4n) is 5.67. The van der Waals surface area contributed by atoms with Gasteiger partial charge in [-0.1, -0.05) is 115 Å². The second kappa shape index (κ2) is 11.7. The fraction of sp³-hybridized carbons (Fsp3) is 0.0244. The first-order chi connectivity index (χ1) is 21.2. The number of hydrogen-bond donors (Lipinski definition) is 0. The monoisotopic (exact) mass is 552 g/mol. The molecular weight excluding hydrogens is 520 g/mol. The average Bonchev–Trinajstić information content (AvgIpc) is 3.09. The molecule has 0 N–H and O–H groups in total. The first kappa shape index (κ1) is 26.3. The summed E-state index contributed by atoms with van der Waals surface area (Å²) in [5.74, 6) is 0. The van der Waals surface area contributed by atoms with Gasteiger partial charge in [0.15, 0.2) is 0 Å². The van der Waals surface area contributed by atoms with E-state index < -0.39 is 0 Å². The van der Waals surface area contributed by atoms with Gasteiger partial charge in [0.05, 0.1) is 0 Å². The molecule has 0 saturated heterocycles. The smallest absolute Gasteiger partial charge is 0.0462 e. The number of benzene rings is 7. The molecule has 0 radical (unpaired) electrons. The van der Waals surface area contributed by atoms with Crippen molar-refractivity contribution in [2.45, 2.75) is 0 Å². The summed E-state index contributed by atoms with van der Waals surface area (Å²) in [5.41, 5.74) is 10.5. The van der Waals surface area contributed by atoms with Crippen LogP contribution in [0.15, 0.2) is 176 Å². The molecule has 0 aromatic heterocycles. The lowest BCUT2D eigenvalue weighted by molar-refractivity contribution is 1.21. The Balaban J connectivity index is 1.14. The Morgan fingerprint density at radius 2 is 0.698 bits per heavy atom. The minimum absolute atomic E-state index is 1.12. The van der Waals surface area contributed by atoms with Crippen molar-refractivity contribution in [2.75, 3.05) is 16.8 Å². The van der Waals surface area contributed by atoms with E-state index in [9.17, 15) is 0 Å². The van der Waals surface area contributed by atoms with Crippen LogP contribution >= 0.6 is 0 Å². The van der Waals surface area contributed by atoms with E-state index in [-0.39, 0.29) is 0 Å². The summed E-state index contributed by atoms with van der Waals surface area (Å²) in [7, 11) is 2.12. The summed E-state index contributed by atoms with van der Waals surface area (Å²) in [6, 6.07) is 62.6. The van der Waals surface area contributed by atoms with Gasteiger partial charge in [-0.25, -0.2) is 0 Å². The molecule has 43 heavy (non-hydrogen) atoms. The van der Waals surface area contributed by atoms with Gasteiger partial charge in [-0.3, -0.25) is 0 Å². The van der Waals surface area contributed by atoms with Crippen molar-refractivity contribution in [3.05, 3.63) is 176 Å². The molecule has 0 aliphatic rings. The Kier molecular flexibility index (Phi) is 7.17. The van der Waals surface area contributed by atoms with Crippen LogP contribution in [-0.2, 0) is 0 Å². The highest BCUT2D eigenvalue weighted by Gasteiger charge is 2.13. The summed E-state index contributed by atoms with van der Waals surface area (Å²) < 4.78 is 0. The second-order valence-electron chi connectivity index (χ2n) is 10.8. The van der Waals surface area contributed by atoms with Gasteiger partial charge in [-0.15, -0.1) is 0 Å². The molecule has 0 spiro atoms. The fourth-order valence-corrected chi connectivity index (χ4v) is 5.67. The lowest BCUT2D eigenvalue weighted by Gasteiger charge is -2.26. The maximum Gasteiger partial charge on any atom is 0.0462 e. The van der Waals surface area contributed by atoms with E-state index in [0.29, 0.717) is 0 Å². The lowest BCUT2D eigenvalue weighted by Crippen LogP contribution is -2.09. The Morgan fingerprint density at radius 1 is 0.302 bits per heavy atom. The standard InChI is InChI=1S/C41H32N2/c1-42(41-29-22-32-12-8-9-13-36(32)30-41)37-23-16-34(17-24-37)35-20-27-40(28-21-35)43(38-14-6-3-7-15-38)39-25-18-33(19-26-39)31-10-4-2-5-11-31/h2-30H,1H3. The summed E-state index contributed by atoms with van der Waals surface area (Å²) >= 11 is 0. The molecule has 0 bridgehead atoms. The molecule has 0 atom stereocenters. The number of anilines is 5. The van der Waals surface area contributed by atoms with Gasteiger partial charge >= 0.3 is 0 Å². The molecular formula is C41H32N2. The Bertz CT molecular complexity index is 1940. The third-order valence-electron chi connectivity index (χ3n) is 8.08. The van der Waals surface area contributed by atoms with Gasteiger partial charge in [0.25, 0.3) is 0 Å². The van der Waals surface area contributed by atoms with E-state index in [1.807, 2.05) is 0 Å². The first-order valence-electron chi connectivity index (χ1n) is 14.7. The zero-order chi connectivity index (χ0) is 29.0. The van der Waals surface area contributed by atoms with Crippen LogP contribution in [-0.4, -0.2) is 7.05 Å². The zero-order valence-corrected chi connectivity index (χ0v) is 24.1. The van der Waals surface area contributed by atoms with Gasteiger partial charge in [-0.2, -0.15) is 0 Å². The van der Waals surface area contributed by atoms with Crippen molar-refractivity contribution in [3.63, 3.8) is 0 Å². The van der Waals surface area contributed by atoms with Crippen LogP contribution in [0.5, 0.6) is 0 Å². The molecule has 206 valence electrons. The maximum absolute atomic E-state index is 2.31. The molecule has 7 aromatic rings. The molecule has 2 heteroatoms. The van der Waals surface area contributed by atoms with Crippen molar-refractivity contribution in [3.8, 4) is 22.3 Å². The van der Waals surface area contributed by atoms with E-state index >= 15 is 0 Å². The predicted molar refractivity (Wildman–Crippen MR) is 184 cm³/mol. The van der Waals surface area contributed by atoms with Crippen molar-refractivity contribution >= 4 is 39.2 Å². The van der Waals surface area contributed by atoms with E-state index in [1.165, 1.54) is 38.7 Å². The second-order valence-corrected chi connectivity index (χ2v) is 10.8. The van der Waals surface area contributed by atoms with Crippen LogP contribution in [0.4, 0.5) is 28.4 Å². The van der Waals surface area contributed by atoms with E-state index in [4.69, 9.17) is 0 Å². The minimum atomic E-state index is 1.12. The SMILES string of the molecule is CN(c1ccc(-c2ccc(N(c3ccccc3)c3ccc(-c4ccccc4)cc3)cc2)cc1)c1ccc2ccccc2c1. The van der Waals surface area contributed by atoms with Gasteiger partial charge in [-0.05, 0) is 93.7 Å². The molecule has 0 saturated carbocycles. The van der Waals surface area contributed by atoms with Crippen molar-refractivity contribution in [1.82, 2.24) is 0 Å². The van der Waals surface area contributed by atoms with Gasteiger partial charge in [0, 0.05) is 35.5 Å². The Labute approximate surface area is 253 Å². The summed E-state index contributed by atoms with van der Waals surface area (Å²) in [6.45, 7) is 0. The van der Waals surface area contributed by atoms with Crippen LogP contribution < -0.4 is 9.80 Å². The quantitative estimate of drug-likeness (QED) is 0.194. The predicted octanol–water partition coefficient (Wildman–Crippen LogP) is 11.4. The van der Waals surface area contributed by atoms with E-state index in [0.717, 1.165) is 22.7 Å².